The number of rotatable bonds is 3. The molecule has 5 heteroatoms. The van der Waals surface area contributed by atoms with Crippen molar-refractivity contribution in [3.05, 3.63) is 95.6 Å². The van der Waals surface area contributed by atoms with Gasteiger partial charge in [-0.05, 0) is 23.8 Å². The first-order chi connectivity index (χ1) is 12.7. The maximum atomic E-state index is 14.5. The lowest BCUT2D eigenvalue weighted by Crippen LogP contribution is -2.47. The van der Waals surface area contributed by atoms with E-state index in [4.69, 9.17) is 0 Å². The molecule has 0 saturated carbocycles. The minimum atomic E-state index is -0.435. The Kier molecular flexibility index (Phi) is 4.44. The second-order valence-electron chi connectivity index (χ2n) is 6.39. The molecule has 0 radical (unpaired) electrons. The van der Waals surface area contributed by atoms with Gasteiger partial charge in [0.05, 0.1) is 0 Å². The van der Waals surface area contributed by atoms with Crippen LogP contribution in [-0.2, 0) is 13.1 Å². The molecule has 132 valence electrons. The molecule has 4 nitrogen and oxygen atoms in total. The Balaban J connectivity index is 1.62. The van der Waals surface area contributed by atoms with Crippen molar-refractivity contribution in [1.29, 1.82) is 0 Å². The summed E-state index contributed by atoms with van der Waals surface area (Å²) in [6, 6.07) is 19.7. The number of halogens is 1. The summed E-state index contributed by atoms with van der Waals surface area (Å²) in [6.07, 6.45) is 1.97. The average Bonchev–Trinajstić information content (AvgIpc) is 3.15. The number of hydrogen-bond acceptors (Lipinski definition) is 1. The molecule has 0 unspecified atom stereocenters. The van der Waals surface area contributed by atoms with Crippen LogP contribution in [0, 0.1) is 5.82 Å². The van der Waals surface area contributed by atoms with Crippen molar-refractivity contribution >= 4 is 6.03 Å². The Hall–Kier alpha value is -3.08. The van der Waals surface area contributed by atoms with Crippen molar-refractivity contribution < 1.29 is 9.18 Å². The Labute approximate surface area is 151 Å². The summed E-state index contributed by atoms with van der Waals surface area (Å²) in [4.78, 5) is 14.6. The van der Waals surface area contributed by atoms with Gasteiger partial charge in [-0.25, -0.2) is 9.18 Å². The topological polar surface area (TPSA) is 37.3 Å². The Morgan fingerprint density at radius 1 is 1.00 bits per heavy atom. The summed E-state index contributed by atoms with van der Waals surface area (Å²) in [6.45, 7) is 1.68. The quantitative estimate of drug-likeness (QED) is 0.764. The van der Waals surface area contributed by atoms with Crippen molar-refractivity contribution in [2.75, 3.05) is 6.54 Å². The molecule has 3 aromatic rings. The molecule has 1 aromatic heterocycles. The maximum absolute atomic E-state index is 14.5. The molecular formula is C21H20FN3O. The van der Waals surface area contributed by atoms with Crippen molar-refractivity contribution in [3.8, 4) is 0 Å². The predicted molar refractivity (Wildman–Crippen MR) is 98.1 cm³/mol. The summed E-state index contributed by atoms with van der Waals surface area (Å²) in [5, 5.41) is 2.97. The molecule has 1 N–H and O–H groups in total. The second-order valence-corrected chi connectivity index (χ2v) is 6.39. The van der Waals surface area contributed by atoms with E-state index in [2.05, 4.69) is 9.88 Å². The molecule has 2 heterocycles. The number of nitrogens with zero attached hydrogens (tertiary/aromatic N) is 2. The zero-order valence-corrected chi connectivity index (χ0v) is 14.3. The number of aromatic nitrogens is 1. The van der Waals surface area contributed by atoms with E-state index >= 15 is 0 Å². The van der Waals surface area contributed by atoms with E-state index in [1.807, 2.05) is 48.7 Å². The monoisotopic (exact) mass is 349 g/mol. The van der Waals surface area contributed by atoms with Gasteiger partial charge in [0.15, 0.2) is 0 Å². The van der Waals surface area contributed by atoms with Gasteiger partial charge in [0.2, 0.25) is 0 Å². The van der Waals surface area contributed by atoms with E-state index in [1.54, 1.807) is 23.1 Å². The van der Waals surface area contributed by atoms with Crippen LogP contribution in [0.15, 0.2) is 72.9 Å². The third-order valence-electron chi connectivity index (χ3n) is 4.79. The van der Waals surface area contributed by atoms with Gasteiger partial charge in [0.25, 0.3) is 0 Å². The average molecular weight is 349 g/mol. The molecule has 1 atom stereocenters. The summed E-state index contributed by atoms with van der Waals surface area (Å²) in [7, 11) is 0. The number of carbonyl (C=O) groups excluding carboxylic acids is 1. The van der Waals surface area contributed by atoms with Gasteiger partial charge in [-0.2, -0.15) is 0 Å². The van der Waals surface area contributed by atoms with E-state index < -0.39 is 6.04 Å². The normalized spacial score (nSPS) is 16.2. The molecule has 2 amide bonds. The minimum Gasteiger partial charge on any atom is -0.348 e. The fourth-order valence-electron chi connectivity index (χ4n) is 3.50. The standard InChI is InChI=1S/C21H20FN3O/c22-18-10-5-4-9-17(18)20-19-11-6-12-24(19)13-14-25(20)21(26)23-15-16-7-2-1-3-8-16/h1-12,20H,13-15H2,(H,23,26)/t20-/m0/s1. The summed E-state index contributed by atoms with van der Waals surface area (Å²) < 4.78 is 16.6. The zero-order chi connectivity index (χ0) is 17.9. The first-order valence-corrected chi connectivity index (χ1v) is 8.72. The maximum Gasteiger partial charge on any atom is 0.318 e. The van der Waals surface area contributed by atoms with E-state index in [1.165, 1.54) is 6.07 Å². The fraction of sp³-hybridized carbons (Fsp3) is 0.190. The van der Waals surface area contributed by atoms with Crippen LogP contribution in [0.2, 0.25) is 0 Å². The summed E-state index contributed by atoms with van der Waals surface area (Å²) >= 11 is 0. The first-order valence-electron chi connectivity index (χ1n) is 8.72. The van der Waals surface area contributed by atoms with Crippen LogP contribution in [0.25, 0.3) is 0 Å². The van der Waals surface area contributed by atoms with Crippen LogP contribution in [0.4, 0.5) is 9.18 Å². The molecule has 0 spiro atoms. The lowest BCUT2D eigenvalue weighted by molar-refractivity contribution is 0.167. The SMILES string of the molecule is O=C(NCc1ccccc1)N1CCn2cccc2[C@@H]1c1ccccc1F. The summed E-state index contributed by atoms with van der Waals surface area (Å²) in [5.74, 6) is -0.298. The highest BCUT2D eigenvalue weighted by atomic mass is 19.1. The molecule has 2 aromatic carbocycles. The van der Waals surface area contributed by atoms with E-state index in [0.29, 0.717) is 25.2 Å². The van der Waals surface area contributed by atoms with Gasteiger partial charge >= 0.3 is 6.03 Å². The molecule has 4 rings (SSSR count). The third-order valence-corrected chi connectivity index (χ3v) is 4.79. The van der Waals surface area contributed by atoms with Crippen LogP contribution < -0.4 is 5.32 Å². The molecule has 1 aliphatic heterocycles. The van der Waals surface area contributed by atoms with Gasteiger partial charge in [-0.15, -0.1) is 0 Å². The second kappa shape index (κ2) is 7.04. The van der Waals surface area contributed by atoms with Crippen molar-refractivity contribution in [3.63, 3.8) is 0 Å². The van der Waals surface area contributed by atoms with Crippen LogP contribution in [-0.4, -0.2) is 22.0 Å². The lowest BCUT2D eigenvalue weighted by atomic mass is 9.99. The van der Waals surface area contributed by atoms with Gasteiger partial charge in [0, 0.05) is 37.1 Å². The minimum absolute atomic E-state index is 0.186. The predicted octanol–water partition coefficient (Wildman–Crippen LogP) is 3.94. The molecule has 0 saturated heterocycles. The number of urea groups is 1. The molecule has 1 aliphatic rings. The van der Waals surface area contributed by atoms with Crippen LogP contribution in [0.1, 0.15) is 22.9 Å². The first kappa shape index (κ1) is 16.4. The van der Waals surface area contributed by atoms with Crippen molar-refractivity contribution in [2.45, 2.75) is 19.1 Å². The highest BCUT2D eigenvalue weighted by molar-refractivity contribution is 5.75. The highest BCUT2D eigenvalue weighted by Gasteiger charge is 2.33. The van der Waals surface area contributed by atoms with Crippen LogP contribution >= 0.6 is 0 Å². The van der Waals surface area contributed by atoms with Crippen molar-refractivity contribution in [1.82, 2.24) is 14.8 Å². The van der Waals surface area contributed by atoms with E-state index in [-0.39, 0.29) is 11.8 Å². The van der Waals surface area contributed by atoms with Gasteiger partial charge in [-0.1, -0.05) is 48.5 Å². The molecular weight excluding hydrogens is 329 g/mol. The van der Waals surface area contributed by atoms with E-state index in [0.717, 1.165) is 11.3 Å². The molecule has 0 aliphatic carbocycles. The number of benzene rings is 2. The van der Waals surface area contributed by atoms with E-state index in [9.17, 15) is 9.18 Å². The third kappa shape index (κ3) is 3.08. The lowest BCUT2D eigenvalue weighted by Gasteiger charge is -2.37. The number of carbonyl (C=O) groups is 1. The molecule has 0 bridgehead atoms. The number of nitrogens with one attached hydrogen (secondary N) is 1. The zero-order valence-electron chi connectivity index (χ0n) is 14.3. The smallest absolute Gasteiger partial charge is 0.318 e. The number of amides is 2. The summed E-state index contributed by atoms with van der Waals surface area (Å²) in [5.41, 5.74) is 2.47. The largest absolute Gasteiger partial charge is 0.348 e. The Bertz CT molecular complexity index is 906. The number of hydrogen-bond donors (Lipinski definition) is 1. The number of fused-ring (bicyclic) bond motifs is 1. The van der Waals surface area contributed by atoms with Crippen LogP contribution in [0.5, 0.6) is 0 Å². The van der Waals surface area contributed by atoms with Gasteiger partial charge in [-0.3, -0.25) is 0 Å². The Morgan fingerprint density at radius 2 is 1.77 bits per heavy atom. The molecule has 0 fully saturated rings. The fourth-order valence-corrected chi connectivity index (χ4v) is 3.50. The molecule has 26 heavy (non-hydrogen) atoms. The Morgan fingerprint density at radius 3 is 2.58 bits per heavy atom. The van der Waals surface area contributed by atoms with Crippen LogP contribution in [0.3, 0.4) is 0 Å². The van der Waals surface area contributed by atoms with Gasteiger partial charge < -0.3 is 14.8 Å². The highest BCUT2D eigenvalue weighted by Crippen LogP contribution is 2.33. The van der Waals surface area contributed by atoms with Gasteiger partial charge in [0.1, 0.15) is 11.9 Å². The van der Waals surface area contributed by atoms with Crippen molar-refractivity contribution in [2.24, 2.45) is 0 Å².